The number of hydrogen-bond acceptors (Lipinski definition) is 2. The lowest BCUT2D eigenvalue weighted by Crippen LogP contribution is -2.17. The Morgan fingerprint density at radius 1 is 0.944 bits per heavy atom. The van der Waals surface area contributed by atoms with Gasteiger partial charge < -0.3 is 10.6 Å². The summed E-state index contributed by atoms with van der Waals surface area (Å²) in [5.41, 5.74) is 10.6. The molecule has 0 aliphatic rings. The lowest BCUT2D eigenvalue weighted by Gasteiger charge is -2.21. The maximum absolute atomic E-state index is 5.98. The molecule has 2 N–H and O–H groups in total. The highest BCUT2D eigenvalue weighted by atomic mass is 15.1. The van der Waals surface area contributed by atoms with Crippen molar-refractivity contribution < 1.29 is 0 Å². The van der Waals surface area contributed by atoms with Crippen LogP contribution in [-0.4, -0.2) is 7.05 Å². The molecule has 0 heterocycles. The van der Waals surface area contributed by atoms with E-state index in [2.05, 4.69) is 49.2 Å². The first kappa shape index (κ1) is 12.5. The second-order valence-corrected chi connectivity index (χ2v) is 4.58. The number of benzene rings is 2. The molecular formula is C16H20N2. The number of nitrogens with two attached hydrogens (primary N) is 1. The molecule has 0 atom stereocenters. The molecule has 0 fully saturated rings. The van der Waals surface area contributed by atoms with E-state index < -0.39 is 0 Å². The van der Waals surface area contributed by atoms with Crippen LogP contribution in [0.3, 0.4) is 0 Å². The van der Waals surface area contributed by atoms with E-state index in [1.165, 1.54) is 11.1 Å². The van der Waals surface area contributed by atoms with Crippen LogP contribution in [0, 0.1) is 0 Å². The summed E-state index contributed by atoms with van der Waals surface area (Å²) in [5, 5.41) is 0. The van der Waals surface area contributed by atoms with Crippen molar-refractivity contribution in [3.8, 4) is 0 Å². The fourth-order valence-electron chi connectivity index (χ4n) is 2.07. The summed E-state index contributed by atoms with van der Waals surface area (Å²) in [6, 6.07) is 16.7. The van der Waals surface area contributed by atoms with Crippen LogP contribution in [-0.2, 0) is 13.0 Å². The third kappa shape index (κ3) is 2.83. The predicted octanol–water partition coefficient (Wildman–Crippen LogP) is 3.47. The molecule has 2 rings (SSSR count). The van der Waals surface area contributed by atoms with E-state index in [0.717, 1.165) is 24.3 Å². The SMILES string of the molecule is CCc1ccc(CN(C)c2ccccc2N)cc1. The highest BCUT2D eigenvalue weighted by Crippen LogP contribution is 2.22. The number of aryl methyl sites for hydroxylation is 1. The molecule has 0 amide bonds. The average molecular weight is 240 g/mol. The zero-order valence-electron chi connectivity index (χ0n) is 11.1. The molecule has 0 aliphatic carbocycles. The van der Waals surface area contributed by atoms with Crippen LogP contribution >= 0.6 is 0 Å². The molecule has 0 bridgehead atoms. The number of nitrogen functional groups attached to an aromatic ring is 1. The summed E-state index contributed by atoms with van der Waals surface area (Å²) in [5.74, 6) is 0. The molecule has 94 valence electrons. The molecule has 0 radical (unpaired) electrons. The van der Waals surface area contributed by atoms with Crippen molar-refractivity contribution in [2.24, 2.45) is 0 Å². The van der Waals surface area contributed by atoms with Gasteiger partial charge in [-0.15, -0.1) is 0 Å². The van der Waals surface area contributed by atoms with E-state index in [1.54, 1.807) is 0 Å². The minimum absolute atomic E-state index is 0.824. The van der Waals surface area contributed by atoms with Gasteiger partial charge in [0, 0.05) is 13.6 Å². The monoisotopic (exact) mass is 240 g/mol. The summed E-state index contributed by atoms with van der Waals surface area (Å²) in [4.78, 5) is 2.18. The van der Waals surface area contributed by atoms with Crippen LogP contribution in [0.2, 0.25) is 0 Å². The number of hydrogen-bond donors (Lipinski definition) is 1. The Morgan fingerprint density at radius 3 is 2.17 bits per heavy atom. The Bertz CT molecular complexity index is 503. The van der Waals surface area contributed by atoms with Crippen molar-refractivity contribution in [2.75, 3.05) is 17.7 Å². The van der Waals surface area contributed by atoms with Gasteiger partial charge in [-0.05, 0) is 29.7 Å². The van der Waals surface area contributed by atoms with Gasteiger partial charge in [0.2, 0.25) is 0 Å². The maximum atomic E-state index is 5.98. The van der Waals surface area contributed by atoms with E-state index in [9.17, 15) is 0 Å². The van der Waals surface area contributed by atoms with Gasteiger partial charge in [0.1, 0.15) is 0 Å². The van der Waals surface area contributed by atoms with Gasteiger partial charge in [-0.3, -0.25) is 0 Å². The molecule has 0 saturated carbocycles. The lowest BCUT2D eigenvalue weighted by atomic mass is 10.1. The van der Waals surface area contributed by atoms with E-state index in [0.29, 0.717) is 0 Å². The Labute approximate surface area is 109 Å². The van der Waals surface area contributed by atoms with Gasteiger partial charge in [0.15, 0.2) is 0 Å². The minimum Gasteiger partial charge on any atom is -0.397 e. The normalized spacial score (nSPS) is 10.3. The summed E-state index contributed by atoms with van der Waals surface area (Å²) < 4.78 is 0. The third-order valence-electron chi connectivity index (χ3n) is 3.20. The van der Waals surface area contributed by atoms with Crippen molar-refractivity contribution >= 4 is 11.4 Å². The number of rotatable bonds is 4. The maximum Gasteiger partial charge on any atom is 0.0600 e. The Morgan fingerprint density at radius 2 is 1.56 bits per heavy atom. The van der Waals surface area contributed by atoms with Crippen LogP contribution < -0.4 is 10.6 Å². The Kier molecular flexibility index (Phi) is 3.88. The van der Waals surface area contributed by atoms with Crippen molar-refractivity contribution in [1.29, 1.82) is 0 Å². The van der Waals surface area contributed by atoms with E-state index in [-0.39, 0.29) is 0 Å². The fraction of sp³-hybridized carbons (Fsp3) is 0.250. The molecule has 2 aromatic carbocycles. The minimum atomic E-state index is 0.824. The molecule has 18 heavy (non-hydrogen) atoms. The largest absolute Gasteiger partial charge is 0.397 e. The van der Waals surface area contributed by atoms with Gasteiger partial charge in [-0.2, -0.15) is 0 Å². The molecule has 0 spiro atoms. The smallest absolute Gasteiger partial charge is 0.0600 e. The van der Waals surface area contributed by atoms with Crippen molar-refractivity contribution in [1.82, 2.24) is 0 Å². The van der Waals surface area contributed by atoms with E-state index in [4.69, 9.17) is 5.73 Å². The summed E-state index contributed by atoms with van der Waals surface area (Å²) in [7, 11) is 2.07. The summed E-state index contributed by atoms with van der Waals surface area (Å²) in [6.07, 6.45) is 1.09. The molecule has 0 unspecified atom stereocenters. The van der Waals surface area contributed by atoms with Gasteiger partial charge in [-0.25, -0.2) is 0 Å². The average Bonchev–Trinajstić information content (AvgIpc) is 2.40. The van der Waals surface area contributed by atoms with Crippen molar-refractivity contribution in [3.05, 3.63) is 59.7 Å². The van der Waals surface area contributed by atoms with Gasteiger partial charge >= 0.3 is 0 Å². The van der Waals surface area contributed by atoms with Crippen molar-refractivity contribution in [3.63, 3.8) is 0 Å². The number of nitrogens with zero attached hydrogens (tertiary/aromatic N) is 1. The van der Waals surface area contributed by atoms with Crippen molar-refractivity contribution in [2.45, 2.75) is 19.9 Å². The molecule has 2 aromatic rings. The molecule has 0 aromatic heterocycles. The molecule has 0 aliphatic heterocycles. The Hall–Kier alpha value is -1.96. The standard InChI is InChI=1S/C16H20N2/c1-3-13-8-10-14(11-9-13)12-18(2)16-7-5-4-6-15(16)17/h4-11H,3,12,17H2,1-2H3. The lowest BCUT2D eigenvalue weighted by molar-refractivity contribution is 0.923. The van der Waals surface area contributed by atoms with Crippen LogP contribution in [0.4, 0.5) is 11.4 Å². The van der Waals surface area contributed by atoms with E-state index in [1.807, 2.05) is 18.2 Å². The molecule has 0 saturated heterocycles. The second-order valence-electron chi connectivity index (χ2n) is 4.58. The first-order valence-electron chi connectivity index (χ1n) is 6.34. The summed E-state index contributed by atoms with van der Waals surface area (Å²) in [6.45, 7) is 3.05. The number of para-hydroxylation sites is 2. The zero-order valence-corrected chi connectivity index (χ0v) is 11.1. The highest BCUT2D eigenvalue weighted by molar-refractivity contribution is 5.66. The van der Waals surface area contributed by atoms with Crippen LogP contribution in [0.1, 0.15) is 18.1 Å². The van der Waals surface area contributed by atoms with Crippen LogP contribution in [0.5, 0.6) is 0 Å². The Balaban J connectivity index is 2.11. The second kappa shape index (κ2) is 5.58. The van der Waals surface area contributed by atoms with Gasteiger partial charge in [-0.1, -0.05) is 43.3 Å². The van der Waals surface area contributed by atoms with E-state index >= 15 is 0 Å². The quantitative estimate of drug-likeness (QED) is 0.829. The van der Waals surface area contributed by atoms with Crippen LogP contribution in [0.25, 0.3) is 0 Å². The first-order chi connectivity index (χ1) is 8.70. The first-order valence-corrected chi connectivity index (χ1v) is 6.34. The molecule has 2 nitrogen and oxygen atoms in total. The summed E-state index contributed by atoms with van der Waals surface area (Å²) >= 11 is 0. The third-order valence-corrected chi connectivity index (χ3v) is 3.20. The highest BCUT2D eigenvalue weighted by Gasteiger charge is 2.04. The number of anilines is 2. The van der Waals surface area contributed by atoms with Gasteiger partial charge in [0.05, 0.1) is 11.4 Å². The zero-order chi connectivity index (χ0) is 13.0. The predicted molar refractivity (Wildman–Crippen MR) is 78.8 cm³/mol. The topological polar surface area (TPSA) is 29.3 Å². The van der Waals surface area contributed by atoms with Gasteiger partial charge in [0.25, 0.3) is 0 Å². The molecular weight excluding hydrogens is 220 g/mol. The molecule has 2 heteroatoms. The fourth-order valence-corrected chi connectivity index (χ4v) is 2.07. The van der Waals surface area contributed by atoms with Crippen LogP contribution in [0.15, 0.2) is 48.5 Å².